The van der Waals surface area contributed by atoms with Crippen LogP contribution >= 0.6 is 0 Å². The van der Waals surface area contributed by atoms with Crippen molar-refractivity contribution in [3.63, 3.8) is 0 Å². The molecule has 0 aromatic heterocycles. The third kappa shape index (κ3) is 55.5. The van der Waals surface area contributed by atoms with Crippen LogP contribution in [0.3, 0.4) is 0 Å². The summed E-state index contributed by atoms with van der Waals surface area (Å²) in [6.07, 6.45) is 75.7. The van der Waals surface area contributed by atoms with Crippen LogP contribution in [0.25, 0.3) is 0 Å². The molecule has 0 heterocycles. The van der Waals surface area contributed by atoms with Gasteiger partial charge in [-0.2, -0.15) is 0 Å². The smallest absolute Gasteiger partial charge is 0.306 e. The second-order valence-corrected chi connectivity index (χ2v) is 19.5. The molecule has 0 radical (unpaired) electrons. The summed E-state index contributed by atoms with van der Waals surface area (Å²) in [7, 11) is 0. The van der Waals surface area contributed by atoms with Crippen molar-refractivity contribution in [2.24, 2.45) is 0 Å². The summed E-state index contributed by atoms with van der Waals surface area (Å²) in [6, 6.07) is 0. The minimum atomic E-state index is -0.792. The first kappa shape index (κ1) is 66.6. The highest BCUT2D eigenvalue weighted by Crippen LogP contribution is 2.15. The highest BCUT2D eigenvalue weighted by molar-refractivity contribution is 5.71. The number of allylic oxidation sites excluding steroid dienone is 14. The molecule has 0 aromatic rings. The first-order chi connectivity index (χ1) is 34.5. The Labute approximate surface area is 433 Å². The van der Waals surface area contributed by atoms with Gasteiger partial charge in [0.2, 0.25) is 0 Å². The van der Waals surface area contributed by atoms with E-state index in [0.29, 0.717) is 19.3 Å². The third-order valence-corrected chi connectivity index (χ3v) is 12.6. The van der Waals surface area contributed by atoms with E-state index in [9.17, 15) is 14.4 Å². The maximum Gasteiger partial charge on any atom is 0.306 e. The normalized spacial score (nSPS) is 12.7. The summed E-state index contributed by atoms with van der Waals surface area (Å²) < 4.78 is 16.9. The number of hydrogen-bond donors (Lipinski definition) is 0. The van der Waals surface area contributed by atoms with E-state index in [-0.39, 0.29) is 31.1 Å². The van der Waals surface area contributed by atoms with E-state index in [1.54, 1.807) is 0 Å². The van der Waals surface area contributed by atoms with Crippen LogP contribution in [0, 0.1) is 0 Å². The van der Waals surface area contributed by atoms with Crippen LogP contribution in [0.4, 0.5) is 0 Å². The molecular formula is C64H110O6. The highest BCUT2D eigenvalue weighted by Gasteiger charge is 2.19. The first-order valence-electron chi connectivity index (χ1n) is 29.6. The molecule has 0 N–H and O–H groups in total. The molecule has 0 aliphatic heterocycles. The second kappa shape index (κ2) is 58.2. The van der Waals surface area contributed by atoms with Crippen LogP contribution in [-0.4, -0.2) is 37.2 Å². The van der Waals surface area contributed by atoms with Gasteiger partial charge < -0.3 is 14.2 Å². The van der Waals surface area contributed by atoms with Crippen molar-refractivity contribution in [2.45, 2.75) is 290 Å². The fourth-order valence-corrected chi connectivity index (χ4v) is 8.21. The predicted octanol–water partition coefficient (Wildman–Crippen LogP) is 19.9. The Morgan fingerprint density at radius 1 is 0.300 bits per heavy atom. The van der Waals surface area contributed by atoms with Gasteiger partial charge in [0.15, 0.2) is 6.10 Å². The lowest BCUT2D eigenvalue weighted by molar-refractivity contribution is -0.167. The molecule has 0 aromatic carbocycles. The number of ether oxygens (including phenoxy) is 3. The third-order valence-electron chi connectivity index (χ3n) is 12.6. The summed E-state index contributed by atoms with van der Waals surface area (Å²) in [5.41, 5.74) is 0. The highest BCUT2D eigenvalue weighted by atomic mass is 16.6. The molecule has 1 unspecified atom stereocenters. The molecule has 0 aliphatic carbocycles. The maximum absolute atomic E-state index is 12.9. The van der Waals surface area contributed by atoms with Gasteiger partial charge in [0.05, 0.1) is 0 Å². The molecule has 0 spiro atoms. The molecule has 0 fully saturated rings. The lowest BCUT2D eigenvalue weighted by Gasteiger charge is -2.18. The minimum absolute atomic E-state index is 0.0872. The zero-order valence-corrected chi connectivity index (χ0v) is 46.0. The van der Waals surface area contributed by atoms with Crippen LogP contribution in [0.5, 0.6) is 0 Å². The number of hydrogen-bond acceptors (Lipinski definition) is 6. The summed E-state index contributed by atoms with van der Waals surface area (Å²) in [4.78, 5) is 38.2. The average molecular weight is 976 g/mol. The van der Waals surface area contributed by atoms with E-state index < -0.39 is 6.10 Å². The van der Waals surface area contributed by atoms with Crippen LogP contribution in [0.2, 0.25) is 0 Å². The predicted molar refractivity (Wildman–Crippen MR) is 302 cm³/mol. The lowest BCUT2D eigenvalue weighted by Crippen LogP contribution is -2.30. The quantitative estimate of drug-likeness (QED) is 0.0261. The molecule has 0 amide bonds. The van der Waals surface area contributed by atoms with Gasteiger partial charge in [-0.15, -0.1) is 0 Å². The molecule has 6 heteroatoms. The monoisotopic (exact) mass is 975 g/mol. The summed E-state index contributed by atoms with van der Waals surface area (Å²) in [6.45, 7) is 6.50. The van der Waals surface area contributed by atoms with Crippen LogP contribution in [0.15, 0.2) is 85.1 Å². The van der Waals surface area contributed by atoms with Crippen LogP contribution in [0.1, 0.15) is 284 Å². The minimum Gasteiger partial charge on any atom is -0.462 e. The van der Waals surface area contributed by atoms with Crippen molar-refractivity contribution in [1.82, 2.24) is 0 Å². The summed E-state index contributed by atoms with van der Waals surface area (Å²) in [5.74, 6) is -0.912. The second-order valence-electron chi connectivity index (χ2n) is 19.5. The number of esters is 3. The largest absolute Gasteiger partial charge is 0.462 e. The van der Waals surface area contributed by atoms with E-state index in [1.165, 1.54) is 128 Å². The Kier molecular flexibility index (Phi) is 55.3. The maximum atomic E-state index is 12.9. The van der Waals surface area contributed by atoms with Crippen molar-refractivity contribution in [2.75, 3.05) is 13.2 Å². The van der Waals surface area contributed by atoms with Crippen LogP contribution in [-0.2, 0) is 28.6 Å². The molecule has 402 valence electrons. The van der Waals surface area contributed by atoms with Gasteiger partial charge in [0, 0.05) is 19.3 Å². The van der Waals surface area contributed by atoms with Gasteiger partial charge >= 0.3 is 17.9 Å². The Hall–Kier alpha value is -3.41. The van der Waals surface area contributed by atoms with Gasteiger partial charge in [-0.05, 0) is 96.3 Å². The molecular weight excluding hydrogens is 865 g/mol. The summed E-state index contributed by atoms with van der Waals surface area (Å²) >= 11 is 0. The SMILES string of the molecule is CC/C=C\C/C=C\C/C=C\C/C=C\CCCCCCC(=O)OC(COC(=O)CCCCCCCCCC/C=C\C/C=C\C/C=C\CCCCCCC)COC(=O)CCCCCCCCCCCCCC. The van der Waals surface area contributed by atoms with Crippen molar-refractivity contribution in [3.8, 4) is 0 Å². The molecule has 0 aliphatic rings. The van der Waals surface area contributed by atoms with Gasteiger partial charge in [-0.3, -0.25) is 14.4 Å². The topological polar surface area (TPSA) is 78.9 Å². The molecule has 0 saturated heterocycles. The fraction of sp³-hybridized carbons (Fsp3) is 0.734. The van der Waals surface area contributed by atoms with Gasteiger partial charge in [-0.25, -0.2) is 0 Å². The van der Waals surface area contributed by atoms with Crippen LogP contribution < -0.4 is 0 Å². The van der Waals surface area contributed by atoms with E-state index in [2.05, 4.69) is 106 Å². The Bertz CT molecular complexity index is 1350. The number of carbonyl (C=O) groups is 3. The van der Waals surface area contributed by atoms with E-state index in [1.807, 2.05) is 0 Å². The number of rotatable bonds is 53. The van der Waals surface area contributed by atoms with Crippen molar-refractivity contribution in [1.29, 1.82) is 0 Å². The van der Waals surface area contributed by atoms with Crippen molar-refractivity contribution >= 4 is 17.9 Å². The molecule has 0 saturated carbocycles. The van der Waals surface area contributed by atoms with E-state index in [4.69, 9.17) is 14.2 Å². The Morgan fingerprint density at radius 2 is 0.557 bits per heavy atom. The molecule has 0 rings (SSSR count). The van der Waals surface area contributed by atoms with Crippen molar-refractivity contribution in [3.05, 3.63) is 85.1 Å². The summed E-state index contributed by atoms with van der Waals surface area (Å²) in [5, 5.41) is 0. The lowest BCUT2D eigenvalue weighted by atomic mass is 10.0. The molecule has 6 nitrogen and oxygen atoms in total. The van der Waals surface area contributed by atoms with Gasteiger partial charge in [-0.1, -0.05) is 254 Å². The average Bonchev–Trinajstić information content (AvgIpc) is 3.36. The van der Waals surface area contributed by atoms with Gasteiger partial charge in [0.25, 0.3) is 0 Å². The number of carbonyl (C=O) groups excluding carboxylic acids is 3. The molecule has 0 bridgehead atoms. The fourth-order valence-electron chi connectivity index (χ4n) is 8.21. The van der Waals surface area contributed by atoms with E-state index >= 15 is 0 Å². The number of unbranched alkanes of at least 4 members (excludes halogenated alkanes) is 28. The Morgan fingerprint density at radius 3 is 0.871 bits per heavy atom. The first-order valence-corrected chi connectivity index (χ1v) is 29.6. The molecule has 70 heavy (non-hydrogen) atoms. The molecule has 1 atom stereocenters. The van der Waals surface area contributed by atoms with E-state index in [0.717, 1.165) is 116 Å². The Balaban J connectivity index is 4.37. The van der Waals surface area contributed by atoms with Gasteiger partial charge in [0.1, 0.15) is 13.2 Å². The van der Waals surface area contributed by atoms with Crippen molar-refractivity contribution < 1.29 is 28.6 Å². The zero-order chi connectivity index (χ0) is 50.7. The zero-order valence-electron chi connectivity index (χ0n) is 46.0. The standard InChI is InChI=1S/C64H110O6/c1-4-7-10-13-16-19-22-25-27-29-30-31-32-33-34-36-37-39-42-45-48-51-54-57-63(66)69-60-61(59-68-62(65)56-53-50-47-44-41-24-21-18-15-12-9-6-3)70-64(67)58-55-52-49-46-43-40-38-35-28-26-23-20-17-14-11-8-5-2/h8,11,17,20,22,25-26,28-30,32-33,38,40,61H,4-7,9-10,12-16,18-19,21,23-24,27,31,34-37,39,41-60H2,1-3H3/b11-8-,20-17-,25-22-,28-26-,30-29-,33-32-,40-38-.